The molecule has 10 heteroatoms. The van der Waals surface area contributed by atoms with Gasteiger partial charge < -0.3 is 10.3 Å². The third-order valence-electron chi connectivity index (χ3n) is 4.69. The molecule has 0 radical (unpaired) electrons. The number of hydrogen-bond acceptors (Lipinski definition) is 7. The number of hydrogen-bond donors (Lipinski definition) is 3. The van der Waals surface area contributed by atoms with E-state index in [1.807, 2.05) is 6.92 Å². The number of aromatic nitrogens is 4. The number of thiophene rings is 1. The molecule has 0 atom stereocenters. The Hall–Kier alpha value is -2.46. The molecular weight excluding hydrogens is 398 g/mol. The Labute approximate surface area is 168 Å². The lowest BCUT2D eigenvalue weighted by atomic mass is 10.2. The van der Waals surface area contributed by atoms with Crippen LogP contribution in [0.3, 0.4) is 0 Å². The molecule has 0 unspecified atom stereocenters. The van der Waals surface area contributed by atoms with Crippen molar-refractivity contribution in [3.05, 3.63) is 42.8 Å². The zero-order valence-electron chi connectivity index (χ0n) is 15.6. The van der Waals surface area contributed by atoms with E-state index in [0.717, 1.165) is 39.5 Å². The van der Waals surface area contributed by atoms with E-state index in [2.05, 4.69) is 22.2 Å². The van der Waals surface area contributed by atoms with Gasteiger partial charge in [0.25, 0.3) is 5.56 Å². The second-order valence-corrected chi connectivity index (χ2v) is 9.04. The molecule has 0 saturated heterocycles. The topological polar surface area (TPSA) is 121 Å². The molecule has 1 aliphatic carbocycles. The summed E-state index contributed by atoms with van der Waals surface area (Å²) in [7, 11) is 0. The van der Waals surface area contributed by atoms with Crippen LogP contribution in [-0.2, 0) is 4.79 Å². The summed E-state index contributed by atoms with van der Waals surface area (Å²) in [5.41, 5.74) is 0.285. The highest BCUT2D eigenvalue weighted by Crippen LogP contribution is 2.42. The van der Waals surface area contributed by atoms with Crippen molar-refractivity contribution >= 4 is 44.9 Å². The Morgan fingerprint density at radius 1 is 1.21 bits per heavy atom. The first kappa shape index (κ1) is 18.9. The molecule has 1 fully saturated rings. The fourth-order valence-corrected chi connectivity index (χ4v) is 4.91. The van der Waals surface area contributed by atoms with E-state index >= 15 is 0 Å². The Morgan fingerprint density at radius 2 is 1.96 bits per heavy atom. The summed E-state index contributed by atoms with van der Waals surface area (Å²) in [6.45, 7) is 5.67. The highest BCUT2D eigenvalue weighted by Gasteiger charge is 2.28. The molecule has 3 aromatic heterocycles. The standard InChI is InChI=1S/C18H19N5O3S2/c1-7-9(3)28-17-12(7)16(21-14(22-17)10-4-5-10)27-6-11(24)20-13-8(2)19-18(26)23-15(13)25/h10H,4-6H2,1-3H3,(H,20,24)(H2,19,23,25,26). The molecule has 1 saturated carbocycles. The van der Waals surface area contributed by atoms with Gasteiger partial charge in [0.15, 0.2) is 0 Å². The van der Waals surface area contributed by atoms with E-state index in [0.29, 0.717) is 11.6 Å². The second kappa shape index (κ2) is 7.17. The molecule has 4 rings (SSSR count). The summed E-state index contributed by atoms with van der Waals surface area (Å²) in [5.74, 6) is 1.03. The number of thioether (sulfide) groups is 1. The zero-order valence-corrected chi connectivity index (χ0v) is 17.3. The van der Waals surface area contributed by atoms with E-state index < -0.39 is 11.2 Å². The Morgan fingerprint density at radius 3 is 2.64 bits per heavy atom. The van der Waals surface area contributed by atoms with E-state index in [1.165, 1.54) is 16.6 Å². The minimum absolute atomic E-state index is 0.0549. The Kier molecular flexibility index (Phi) is 4.84. The number of fused-ring (bicyclic) bond motifs is 1. The summed E-state index contributed by atoms with van der Waals surface area (Å²) < 4.78 is 0. The maximum atomic E-state index is 12.4. The quantitative estimate of drug-likeness (QED) is 0.433. The Bertz CT molecular complexity index is 1210. The van der Waals surface area contributed by atoms with Crippen LogP contribution in [-0.4, -0.2) is 31.6 Å². The highest BCUT2D eigenvalue weighted by atomic mass is 32.2. The number of nitrogens with zero attached hydrogens (tertiary/aromatic N) is 2. The number of carbonyl (C=O) groups excluding carboxylic acids is 1. The molecule has 0 aromatic carbocycles. The van der Waals surface area contributed by atoms with Gasteiger partial charge in [0, 0.05) is 21.9 Å². The predicted octanol–water partition coefficient (Wildman–Crippen LogP) is 2.60. The summed E-state index contributed by atoms with van der Waals surface area (Å²) >= 11 is 2.99. The van der Waals surface area contributed by atoms with E-state index in [4.69, 9.17) is 9.97 Å². The van der Waals surface area contributed by atoms with Crippen LogP contribution in [0.5, 0.6) is 0 Å². The minimum atomic E-state index is -0.621. The molecule has 8 nitrogen and oxygen atoms in total. The molecular formula is C18H19N5O3S2. The lowest BCUT2D eigenvalue weighted by Gasteiger charge is -2.08. The second-order valence-electron chi connectivity index (χ2n) is 6.87. The third kappa shape index (κ3) is 3.61. The lowest BCUT2D eigenvalue weighted by Crippen LogP contribution is -2.29. The van der Waals surface area contributed by atoms with E-state index in [1.54, 1.807) is 18.3 Å². The molecule has 0 aliphatic heterocycles. The maximum absolute atomic E-state index is 12.4. The predicted molar refractivity (Wildman–Crippen MR) is 111 cm³/mol. The minimum Gasteiger partial charge on any atom is -0.319 e. The van der Waals surface area contributed by atoms with Gasteiger partial charge in [-0.3, -0.25) is 14.6 Å². The fourth-order valence-electron chi connectivity index (χ4n) is 2.92. The maximum Gasteiger partial charge on any atom is 0.326 e. The lowest BCUT2D eigenvalue weighted by molar-refractivity contribution is -0.113. The average molecular weight is 418 g/mol. The van der Waals surface area contributed by atoms with Crippen molar-refractivity contribution in [2.75, 3.05) is 11.1 Å². The van der Waals surface area contributed by atoms with Crippen molar-refractivity contribution in [2.24, 2.45) is 0 Å². The van der Waals surface area contributed by atoms with Crippen LogP contribution in [0.4, 0.5) is 5.69 Å². The number of anilines is 1. The van der Waals surface area contributed by atoms with Crippen molar-refractivity contribution < 1.29 is 4.79 Å². The van der Waals surface area contributed by atoms with Gasteiger partial charge in [-0.15, -0.1) is 11.3 Å². The van der Waals surface area contributed by atoms with Crippen molar-refractivity contribution in [1.29, 1.82) is 0 Å². The normalized spacial score (nSPS) is 13.8. The van der Waals surface area contributed by atoms with Crippen LogP contribution < -0.4 is 16.6 Å². The number of aromatic amines is 2. The van der Waals surface area contributed by atoms with Crippen molar-refractivity contribution in [3.8, 4) is 0 Å². The fraction of sp³-hybridized carbons (Fsp3) is 0.389. The van der Waals surface area contributed by atoms with Crippen molar-refractivity contribution in [2.45, 2.75) is 44.6 Å². The monoisotopic (exact) mass is 417 g/mol. The molecule has 1 amide bonds. The van der Waals surface area contributed by atoms with Gasteiger partial charge in [-0.2, -0.15) is 0 Å². The van der Waals surface area contributed by atoms with Gasteiger partial charge in [-0.25, -0.2) is 14.8 Å². The molecule has 0 bridgehead atoms. The van der Waals surface area contributed by atoms with Gasteiger partial charge >= 0.3 is 5.69 Å². The van der Waals surface area contributed by atoms with Crippen LogP contribution in [0.1, 0.15) is 40.7 Å². The first-order valence-corrected chi connectivity index (χ1v) is 10.7. The molecule has 3 aromatic rings. The number of nitrogens with one attached hydrogen (secondary N) is 3. The number of carbonyl (C=O) groups is 1. The molecule has 28 heavy (non-hydrogen) atoms. The van der Waals surface area contributed by atoms with Crippen LogP contribution in [0, 0.1) is 20.8 Å². The number of aryl methyl sites for hydroxylation is 3. The van der Waals surface area contributed by atoms with Gasteiger partial charge in [0.05, 0.1) is 5.75 Å². The summed E-state index contributed by atoms with van der Waals surface area (Å²) in [4.78, 5) is 51.8. The number of H-pyrrole nitrogens is 2. The van der Waals surface area contributed by atoms with Crippen LogP contribution >= 0.6 is 23.1 Å². The Balaban J connectivity index is 1.58. The van der Waals surface area contributed by atoms with Gasteiger partial charge in [-0.05, 0) is 39.2 Å². The molecule has 0 spiro atoms. The summed E-state index contributed by atoms with van der Waals surface area (Å²) in [6.07, 6.45) is 2.21. The van der Waals surface area contributed by atoms with Gasteiger partial charge in [0.2, 0.25) is 5.91 Å². The van der Waals surface area contributed by atoms with Crippen LogP contribution in [0.25, 0.3) is 10.2 Å². The highest BCUT2D eigenvalue weighted by molar-refractivity contribution is 8.00. The van der Waals surface area contributed by atoms with Crippen LogP contribution in [0.15, 0.2) is 14.6 Å². The summed E-state index contributed by atoms with van der Waals surface area (Å²) in [6, 6.07) is 0. The third-order valence-corrected chi connectivity index (χ3v) is 6.77. The molecule has 1 aliphatic rings. The molecule has 146 valence electrons. The number of amides is 1. The van der Waals surface area contributed by atoms with Crippen molar-refractivity contribution in [1.82, 2.24) is 19.9 Å². The average Bonchev–Trinajstić information content (AvgIpc) is 3.43. The SMILES string of the molecule is Cc1[nH]c(=O)[nH]c(=O)c1NC(=O)CSc1nc(C2CC2)nc2sc(C)c(C)c12. The van der Waals surface area contributed by atoms with Gasteiger partial charge in [0.1, 0.15) is 21.4 Å². The van der Waals surface area contributed by atoms with E-state index in [-0.39, 0.29) is 17.3 Å². The molecule has 3 heterocycles. The van der Waals surface area contributed by atoms with Crippen molar-refractivity contribution in [3.63, 3.8) is 0 Å². The zero-order chi connectivity index (χ0) is 20.0. The largest absolute Gasteiger partial charge is 0.326 e. The van der Waals surface area contributed by atoms with Crippen LogP contribution in [0.2, 0.25) is 0 Å². The number of rotatable bonds is 5. The first-order valence-electron chi connectivity index (χ1n) is 8.87. The van der Waals surface area contributed by atoms with E-state index in [9.17, 15) is 14.4 Å². The van der Waals surface area contributed by atoms with Gasteiger partial charge in [-0.1, -0.05) is 11.8 Å². The smallest absolute Gasteiger partial charge is 0.319 e. The summed E-state index contributed by atoms with van der Waals surface area (Å²) in [5, 5.41) is 4.38. The first-order chi connectivity index (χ1) is 13.3. The molecule has 3 N–H and O–H groups in total.